The zero-order valence-corrected chi connectivity index (χ0v) is 8.33. The van der Waals surface area contributed by atoms with Gasteiger partial charge in [-0.3, -0.25) is 10.1 Å². The maximum absolute atomic E-state index is 11.1. The number of carboxylic acids is 1. The zero-order chi connectivity index (χ0) is 10.1. The van der Waals surface area contributed by atoms with Crippen molar-refractivity contribution in [2.24, 2.45) is 0 Å². The Morgan fingerprint density at radius 1 is 1.69 bits per heavy atom. The molecule has 13 heavy (non-hydrogen) atoms. The molecule has 0 radical (unpaired) electrons. The number of aliphatic carboxylic acids is 1. The molecule has 0 amide bonds. The van der Waals surface area contributed by atoms with Gasteiger partial charge in [-0.15, -0.1) is 0 Å². The zero-order valence-electron chi connectivity index (χ0n) is 8.33. The second-order valence-electron chi connectivity index (χ2n) is 3.84. The highest BCUT2D eigenvalue weighted by Gasteiger charge is 2.48. The molecule has 0 bridgehead atoms. The first-order chi connectivity index (χ1) is 5.99. The monoisotopic (exact) mass is 187 g/mol. The molecule has 1 rings (SSSR count). The average Bonchev–Trinajstić information content (AvgIpc) is 2.32. The van der Waals surface area contributed by atoms with E-state index in [2.05, 4.69) is 5.32 Å². The summed E-state index contributed by atoms with van der Waals surface area (Å²) in [5, 5.41) is 12.2. The predicted octanol–water partition coefficient (Wildman–Crippen LogP) is 0.617. The Bertz CT molecular complexity index is 205. The van der Waals surface area contributed by atoms with Crippen LogP contribution in [0, 0.1) is 0 Å². The van der Waals surface area contributed by atoms with E-state index in [0.29, 0.717) is 13.0 Å². The second kappa shape index (κ2) is 3.64. The van der Waals surface area contributed by atoms with Crippen LogP contribution in [0.3, 0.4) is 0 Å². The summed E-state index contributed by atoms with van der Waals surface area (Å²) in [4.78, 5) is 11.1. The van der Waals surface area contributed by atoms with Gasteiger partial charge >= 0.3 is 5.97 Å². The lowest BCUT2D eigenvalue weighted by molar-refractivity contribution is -0.147. The number of ether oxygens (including phenoxy) is 1. The van der Waals surface area contributed by atoms with Gasteiger partial charge in [0, 0.05) is 19.1 Å². The van der Waals surface area contributed by atoms with Crippen LogP contribution in [0.5, 0.6) is 0 Å². The first kappa shape index (κ1) is 10.5. The van der Waals surface area contributed by atoms with Crippen molar-refractivity contribution >= 4 is 5.97 Å². The van der Waals surface area contributed by atoms with E-state index in [1.807, 2.05) is 13.8 Å². The quantitative estimate of drug-likeness (QED) is 0.680. The minimum atomic E-state index is -0.881. The van der Waals surface area contributed by atoms with Crippen LogP contribution in [-0.2, 0) is 9.53 Å². The Labute approximate surface area is 78.3 Å². The standard InChI is InChI=1S/C9H17NO3/c1-6(2)10-9(8(11)12)4-5-13-7(9)3/h6-7,10H,4-5H2,1-3H3,(H,11,12). The summed E-state index contributed by atoms with van der Waals surface area (Å²) in [6, 6.07) is 0.153. The van der Waals surface area contributed by atoms with Crippen molar-refractivity contribution < 1.29 is 14.6 Å². The first-order valence-corrected chi connectivity index (χ1v) is 4.62. The van der Waals surface area contributed by atoms with Crippen LogP contribution in [0.25, 0.3) is 0 Å². The Kier molecular flexibility index (Phi) is 2.93. The van der Waals surface area contributed by atoms with Gasteiger partial charge in [0.15, 0.2) is 0 Å². The number of rotatable bonds is 3. The normalized spacial score (nSPS) is 34.0. The van der Waals surface area contributed by atoms with E-state index >= 15 is 0 Å². The largest absolute Gasteiger partial charge is 0.480 e. The molecule has 1 saturated heterocycles. The molecule has 1 heterocycles. The molecule has 0 aromatic rings. The molecule has 1 aliphatic heterocycles. The van der Waals surface area contributed by atoms with E-state index in [1.165, 1.54) is 0 Å². The molecule has 2 N–H and O–H groups in total. The van der Waals surface area contributed by atoms with E-state index in [1.54, 1.807) is 6.92 Å². The minimum Gasteiger partial charge on any atom is -0.480 e. The van der Waals surface area contributed by atoms with Crippen LogP contribution >= 0.6 is 0 Å². The number of nitrogens with one attached hydrogen (secondary N) is 1. The molecular weight excluding hydrogens is 170 g/mol. The van der Waals surface area contributed by atoms with Crippen LogP contribution in [0.2, 0.25) is 0 Å². The summed E-state index contributed by atoms with van der Waals surface area (Å²) in [5.74, 6) is -0.814. The Balaban J connectivity index is 2.80. The highest BCUT2D eigenvalue weighted by atomic mass is 16.5. The lowest BCUT2D eigenvalue weighted by atomic mass is 9.91. The Hall–Kier alpha value is -0.610. The summed E-state index contributed by atoms with van der Waals surface area (Å²) in [5.41, 5.74) is -0.881. The molecule has 0 saturated carbocycles. The van der Waals surface area contributed by atoms with Crippen molar-refractivity contribution in [2.75, 3.05) is 6.61 Å². The topological polar surface area (TPSA) is 58.6 Å². The van der Waals surface area contributed by atoms with Gasteiger partial charge in [0.25, 0.3) is 0 Å². The highest BCUT2D eigenvalue weighted by molar-refractivity contribution is 5.80. The third-order valence-corrected chi connectivity index (χ3v) is 2.49. The lowest BCUT2D eigenvalue weighted by Gasteiger charge is -2.30. The van der Waals surface area contributed by atoms with E-state index in [-0.39, 0.29) is 12.1 Å². The fourth-order valence-electron chi connectivity index (χ4n) is 1.79. The molecule has 0 aromatic carbocycles. The van der Waals surface area contributed by atoms with Gasteiger partial charge in [-0.1, -0.05) is 0 Å². The van der Waals surface area contributed by atoms with Crippen LogP contribution in [-0.4, -0.2) is 35.4 Å². The molecule has 0 aliphatic carbocycles. The molecule has 0 aromatic heterocycles. The van der Waals surface area contributed by atoms with Gasteiger partial charge in [-0.2, -0.15) is 0 Å². The van der Waals surface area contributed by atoms with Crippen molar-refractivity contribution in [3.63, 3.8) is 0 Å². The molecule has 4 heteroatoms. The van der Waals surface area contributed by atoms with Gasteiger partial charge in [0.2, 0.25) is 0 Å². The first-order valence-electron chi connectivity index (χ1n) is 4.62. The van der Waals surface area contributed by atoms with Gasteiger partial charge in [-0.05, 0) is 20.8 Å². The average molecular weight is 187 g/mol. The molecule has 76 valence electrons. The number of hydrogen-bond donors (Lipinski definition) is 2. The van der Waals surface area contributed by atoms with E-state index in [9.17, 15) is 4.79 Å². The van der Waals surface area contributed by atoms with Crippen LogP contribution in [0.1, 0.15) is 27.2 Å². The Morgan fingerprint density at radius 3 is 2.62 bits per heavy atom. The van der Waals surface area contributed by atoms with Gasteiger partial charge < -0.3 is 9.84 Å². The summed E-state index contributed by atoms with van der Waals surface area (Å²) < 4.78 is 5.29. The number of carboxylic acid groups (broad SMARTS) is 1. The number of carbonyl (C=O) groups is 1. The summed E-state index contributed by atoms with van der Waals surface area (Å²) in [7, 11) is 0. The summed E-state index contributed by atoms with van der Waals surface area (Å²) in [6.45, 7) is 6.20. The van der Waals surface area contributed by atoms with Crippen molar-refractivity contribution in [1.82, 2.24) is 5.32 Å². The smallest absolute Gasteiger partial charge is 0.326 e. The lowest BCUT2D eigenvalue weighted by Crippen LogP contribution is -2.58. The van der Waals surface area contributed by atoms with Gasteiger partial charge in [0.1, 0.15) is 5.54 Å². The van der Waals surface area contributed by atoms with Crippen molar-refractivity contribution in [3.05, 3.63) is 0 Å². The van der Waals surface area contributed by atoms with Gasteiger partial charge in [-0.25, -0.2) is 0 Å². The molecule has 1 aliphatic rings. The molecule has 1 fully saturated rings. The SMILES string of the molecule is CC(C)NC1(C(=O)O)CCOC1C. The number of hydrogen-bond acceptors (Lipinski definition) is 3. The Morgan fingerprint density at radius 2 is 2.31 bits per heavy atom. The highest BCUT2D eigenvalue weighted by Crippen LogP contribution is 2.26. The second-order valence-corrected chi connectivity index (χ2v) is 3.84. The van der Waals surface area contributed by atoms with E-state index < -0.39 is 11.5 Å². The van der Waals surface area contributed by atoms with E-state index in [0.717, 1.165) is 0 Å². The van der Waals surface area contributed by atoms with Crippen LogP contribution in [0.15, 0.2) is 0 Å². The molecule has 2 unspecified atom stereocenters. The fraction of sp³-hybridized carbons (Fsp3) is 0.889. The maximum atomic E-state index is 11.1. The fourth-order valence-corrected chi connectivity index (χ4v) is 1.79. The summed E-state index contributed by atoms with van der Waals surface area (Å²) in [6.07, 6.45) is 0.286. The van der Waals surface area contributed by atoms with Gasteiger partial charge in [0.05, 0.1) is 6.10 Å². The summed E-state index contributed by atoms with van der Waals surface area (Å²) >= 11 is 0. The van der Waals surface area contributed by atoms with E-state index in [4.69, 9.17) is 9.84 Å². The van der Waals surface area contributed by atoms with Crippen molar-refractivity contribution in [3.8, 4) is 0 Å². The molecule has 4 nitrogen and oxygen atoms in total. The van der Waals surface area contributed by atoms with Crippen molar-refractivity contribution in [2.45, 2.75) is 44.9 Å². The predicted molar refractivity (Wildman–Crippen MR) is 48.7 cm³/mol. The molecular formula is C9H17NO3. The molecule has 2 atom stereocenters. The third-order valence-electron chi connectivity index (χ3n) is 2.49. The maximum Gasteiger partial charge on any atom is 0.326 e. The van der Waals surface area contributed by atoms with Crippen LogP contribution in [0.4, 0.5) is 0 Å². The van der Waals surface area contributed by atoms with Crippen molar-refractivity contribution in [1.29, 1.82) is 0 Å². The van der Waals surface area contributed by atoms with Crippen LogP contribution < -0.4 is 5.32 Å². The molecule has 0 spiro atoms. The third kappa shape index (κ3) is 1.84. The minimum absolute atomic E-state index is 0.153.